The van der Waals surface area contributed by atoms with Crippen LogP contribution in [0.1, 0.15) is 46.5 Å². The summed E-state index contributed by atoms with van der Waals surface area (Å²) in [6, 6.07) is 0. The van der Waals surface area contributed by atoms with Crippen molar-refractivity contribution in [1.82, 2.24) is 4.31 Å². The molecule has 0 amide bonds. The van der Waals surface area contributed by atoms with Gasteiger partial charge in [-0.3, -0.25) is 4.79 Å². The highest BCUT2D eigenvalue weighted by molar-refractivity contribution is 7.89. The molecule has 0 aromatic rings. The van der Waals surface area contributed by atoms with Crippen LogP contribution >= 0.6 is 0 Å². The number of hydrogen-bond acceptors (Lipinski definition) is 3. The van der Waals surface area contributed by atoms with E-state index in [1.54, 1.807) is 6.92 Å². The van der Waals surface area contributed by atoms with Crippen molar-refractivity contribution in [3.63, 3.8) is 0 Å². The molecule has 6 heteroatoms. The lowest BCUT2D eigenvalue weighted by atomic mass is 9.90. The Labute approximate surface area is 109 Å². The summed E-state index contributed by atoms with van der Waals surface area (Å²) in [5, 5.41) is 8.76. The quantitative estimate of drug-likeness (QED) is 0.801. The van der Waals surface area contributed by atoms with Crippen LogP contribution in [0.25, 0.3) is 0 Å². The van der Waals surface area contributed by atoms with Crippen molar-refractivity contribution in [1.29, 1.82) is 0 Å². The third-order valence-electron chi connectivity index (χ3n) is 3.80. The third kappa shape index (κ3) is 2.85. The predicted molar refractivity (Wildman–Crippen MR) is 69.8 cm³/mol. The molecule has 1 heterocycles. The van der Waals surface area contributed by atoms with Gasteiger partial charge < -0.3 is 5.11 Å². The van der Waals surface area contributed by atoms with Gasteiger partial charge in [-0.25, -0.2) is 12.7 Å². The van der Waals surface area contributed by atoms with E-state index in [1.165, 1.54) is 4.31 Å². The lowest BCUT2D eigenvalue weighted by Crippen LogP contribution is -2.39. The van der Waals surface area contributed by atoms with Crippen LogP contribution in [0.4, 0.5) is 0 Å². The molecule has 0 aliphatic carbocycles. The first-order valence-corrected chi connectivity index (χ1v) is 8.00. The molecule has 1 aliphatic heterocycles. The Morgan fingerprint density at radius 1 is 1.44 bits per heavy atom. The summed E-state index contributed by atoms with van der Waals surface area (Å²) in [6.07, 6.45) is 2.43. The van der Waals surface area contributed by atoms with Crippen LogP contribution in [0.3, 0.4) is 0 Å². The zero-order chi connectivity index (χ0) is 14.0. The molecule has 1 aliphatic rings. The first-order valence-electron chi connectivity index (χ1n) is 6.50. The van der Waals surface area contributed by atoms with Crippen molar-refractivity contribution < 1.29 is 18.3 Å². The van der Waals surface area contributed by atoms with Crippen molar-refractivity contribution >= 4 is 16.0 Å². The van der Waals surface area contributed by atoms with Crippen molar-refractivity contribution in [2.75, 3.05) is 13.1 Å². The summed E-state index contributed by atoms with van der Waals surface area (Å²) in [4.78, 5) is 11.1. The number of carboxylic acids is 1. The Balaban J connectivity index is 2.86. The number of aliphatic carboxylic acids is 1. The molecule has 0 saturated carbocycles. The number of carbonyl (C=O) groups is 1. The van der Waals surface area contributed by atoms with Gasteiger partial charge in [-0.05, 0) is 26.2 Å². The summed E-state index contributed by atoms with van der Waals surface area (Å²) in [5.41, 5.74) is -0.933. The molecule has 1 saturated heterocycles. The zero-order valence-electron chi connectivity index (χ0n) is 11.3. The topological polar surface area (TPSA) is 74.7 Å². The SMILES string of the molecule is CCCC(CC)S(=O)(=O)N1CCC(C)(C(=O)O)C1. The molecule has 0 spiro atoms. The Bertz CT molecular complexity index is 406. The maximum Gasteiger partial charge on any atom is 0.310 e. The van der Waals surface area contributed by atoms with E-state index in [4.69, 9.17) is 5.11 Å². The number of rotatable bonds is 6. The second-order valence-corrected chi connectivity index (χ2v) is 7.53. The lowest BCUT2D eigenvalue weighted by Gasteiger charge is -2.24. The van der Waals surface area contributed by atoms with E-state index >= 15 is 0 Å². The fourth-order valence-corrected chi connectivity index (χ4v) is 4.59. The van der Waals surface area contributed by atoms with Gasteiger partial charge in [-0.15, -0.1) is 0 Å². The van der Waals surface area contributed by atoms with Crippen molar-refractivity contribution in [3.05, 3.63) is 0 Å². The molecule has 1 N–H and O–H groups in total. The fraction of sp³-hybridized carbons (Fsp3) is 0.917. The molecule has 1 rings (SSSR count). The zero-order valence-corrected chi connectivity index (χ0v) is 12.2. The van der Waals surface area contributed by atoms with E-state index in [9.17, 15) is 13.2 Å². The van der Waals surface area contributed by atoms with Crippen LogP contribution in [0.15, 0.2) is 0 Å². The van der Waals surface area contributed by atoms with E-state index < -0.39 is 21.4 Å². The molecule has 0 bridgehead atoms. The summed E-state index contributed by atoms with van der Waals surface area (Å²) in [5.74, 6) is -0.913. The standard InChI is InChI=1S/C12H23NO4S/c1-4-6-10(5-2)18(16,17)13-8-7-12(3,9-13)11(14)15/h10H,4-9H2,1-3H3,(H,14,15). The normalized spacial score (nSPS) is 27.3. The molecule has 2 unspecified atom stereocenters. The highest BCUT2D eigenvalue weighted by Gasteiger charge is 2.45. The largest absolute Gasteiger partial charge is 0.481 e. The maximum absolute atomic E-state index is 12.4. The monoisotopic (exact) mass is 277 g/mol. The summed E-state index contributed by atoms with van der Waals surface area (Å²) < 4.78 is 26.2. The Kier molecular flexibility index (Phi) is 4.78. The van der Waals surface area contributed by atoms with E-state index in [-0.39, 0.29) is 11.8 Å². The third-order valence-corrected chi connectivity index (χ3v) is 6.24. The Hall–Kier alpha value is -0.620. The first kappa shape index (κ1) is 15.4. The maximum atomic E-state index is 12.4. The van der Waals surface area contributed by atoms with Gasteiger partial charge in [-0.1, -0.05) is 20.3 Å². The van der Waals surface area contributed by atoms with Crippen LogP contribution in [-0.2, 0) is 14.8 Å². The van der Waals surface area contributed by atoms with Crippen LogP contribution in [0, 0.1) is 5.41 Å². The molecule has 0 radical (unpaired) electrons. The van der Waals surface area contributed by atoms with Crippen molar-refractivity contribution in [2.24, 2.45) is 5.41 Å². The van der Waals surface area contributed by atoms with Crippen LogP contribution < -0.4 is 0 Å². The summed E-state index contributed by atoms with van der Waals surface area (Å²) >= 11 is 0. The van der Waals surface area contributed by atoms with Gasteiger partial charge in [0.2, 0.25) is 10.0 Å². The number of hydrogen-bond donors (Lipinski definition) is 1. The average molecular weight is 277 g/mol. The van der Waals surface area contributed by atoms with E-state index in [0.717, 1.165) is 6.42 Å². The second kappa shape index (κ2) is 5.57. The highest BCUT2D eigenvalue weighted by Crippen LogP contribution is 2.33. The minimum atomic E-state index is -3.35. The molecule has 0 aromatic heterocycles. The molecule has 1 fully saturated rings. The second-order valence-electron chi connectivity index (χ2n) is 5.31. The van der Waals surface area contributed by atoms with E-state index in [0.29, 0.717) is 25.8 Å². The van der Waals surface area contributed by atoms with Crippen molar-refractivity contribution in [2.45, 2.75) is 51.7 Å². The molecule has 2 atom stereocenters. The van der Waals surface area contributed by atoms with Gasteiger partial charge in [0.05, 0.1) is 10.7 Å². The predicted octanol–water partition coefficient (Wildman–Crippen LogP) is 1.69. The van der Waals surface area contributed by atoms with Gasteiger partial charge in [0, 0.05) is 13.1 Å². The molecule has 0 aromatic carbocycles. The average Bonchev–Trinajstić information content (AvgIpc) is 2.70. The Morgan fingerprint density at radius 3 is 2.44 bits per heavy atom. The molecule has 18 heavy (non-hydrogen) atoms. The van der Waals surface area contributed by atoms with Gasteiger partial charge in [-0.2, -0.15) is 0 Å². The minimum Gasteiger partial charge on any atom is -0.481 e. The molecule has 5 nitrogen and oxygen atoms in total. The molecule has 106 valence electrons. The van der Waals surface area contributed by atoms with Crippen LogP contribution in [-0.4, -0.2) is 42.1 Å². The first-order chi connectivity index (χ1) is 8.28. The van der Waals surface area contributed by atoms with E-state index in [1.807, 2.05) is 13.8 Å². The highest BCUT2D eigenvalue weighted by atomic mass is 32.2. The summed E-state index contributed by atoms with van der Waals surface area (Å²) in [7, 11) is -3.35. The van der Waals surface area contributed by atoms with E-state index in [2.05, 4.69) is 0 Å². The van der Waals surface area contributed by atoms with Gasteiger partial charge in [0.25, 0.3) is 0 Å². The number of nitrogens with zero attached hydrogens (tertiary/aromatic N) is 1. The number of carboxylic acid groups (broad SMARTS) is 1. The van der Waals surface area contributed by atoms with Crippen molar-refractivity contribution in [3.8, 4) is 0 Å². The van der Waals surface area contributed by atoms with Gasteiger partial charge in [0.15, 0.2) is 0 Å². The Morgan fingerprint density at radius 2 is 2.06 bits per heavy atom. The minimum absolute atomic E-state index is 0.102. The smallest absolute Gasteiger partial charge is 0.310 e. The van der Waals surface area contributed by atoms with Gasteiger partial charge in [0.1, 0.15) is 0 Å². The summed E-state index contributed by atoms with van der Waals surface area (Å²) in [6.45, 7) is 5.87. The molecular formula is C12H23NO4S. The lowest BCUT2D eigenvalue weighted by molar-refractivity contribution is -0.146. The van der Waals surface area contributed by atoms with Crippen LogP contribution in [0.2, 0.25) is 0 Å². The fourth-order valence-electron chi connectivity index (χ4n) is 2.41. The van der Waals surface area contributed by atoms with Crippen LogP contribution in [0.5, 0.6) is 0 Å². The van der Waals surface area contributed by atoms with Gasteiger partial charge >= 0.3 is 5.97 Å². The number of sulfonamides is 1. The molecular weight excluding hydrogens is 254 g/mol.